The Kier molecular flexibility index (Phi) is 11.1. The number of carboxylic acid groups (broad SMARTS) is 2. The Hall–Kier alpha value is -3.02. The minimum atomic E-state index is -3.45. The SMILES string of the molecule is CCN(C(=O)CN1CCN(S(=O)(=O)/C=C/c2ccccc2)CC1)C1=CCCCC1.O=C(O)C(=O)O. The van der Waals surface area contributed by atoms with Crippen molar-refractivity contribution >= 4 is 33.9 Å². The van der Waals surface area contributed by atoms with Crippen LogP contribution in [0, 0.1) is 0 Å². The van der Waals surface area contributed by atoms with Gasteiger partial charge in [-0.05, 0) is 44.2 Å². The van der Waals surface area contributed by atoms with Crippen LogP contribution in [0.15, 0.2) is 47.5 Å². The Bertz CT molecular complexity index is 1020. The minimum absolute atomic E-state index is 0.112. The molecule has 1 aromatic carbocycles. The summed E-state index contributed by atoms with van der Waals surface area (Å²) in [6, 6.07) is 9.40. The Labute approximate surface area is 206 Å². The van der Waals surface area contributed by atoms with Crippen molar-refractivity contribution in [3.8, 4) is 0 Å². The molecule has 192 valence electrons. The van der Waals surface area contributed by atoms with E-state index < -0.39 is 22.0 Å². The first-order chi connectivity index (χ1) is 16.6. The normalized spacial score (nSPS) is 17.2. The molecule has 1 aliphatic heterocycles. The van der Waals surface area contributed by atoms with Crippen molar-refractivity contribution in [2.75, 3.05) is 39.3 Å². The molecular formula is C24H33N3O7S. The predicted molar refractivity (Wildman–Crippen MR) is 132 cm³/mol. The van der Waals surface area contributed by atoms with Crippen molar-refractivity contribution in [2.45, 2.75) is 32.6 Å². The Morgan fingerprint density at radius 2 is 1.63 bits per heavy atom. The van der Waals surface area contributed by atoms with Gasteiger partial charge in [0, 0.05) is 43.8 Å². The van der Waals surface area contributed by atoms with Crippen LogP contribution in [0.5, 0.6) is 0 Å². The lowest BCUT2D eigenvalue weighted by Crippen LogP contribution is -2.51. The number of carboxylic acids is 2. The molecule has 1 aliphatic carbocycles. The van der Waals surface area contributed by atoms with E-state index in [9.17, 15) is 13.2 Å². The highest BCUT2D eigenvalue weighted by molar-refractivity contribution is 7.92. The molecule has 0 bridgehead atoms. The van der Waals surface area contributed by atoms with E-state index in [0.29, 0.717) is 39.3 Å². The van der Waals surface area contributed by atoms with Crippen LogP contribution in [0.2, 0.25) is 0 Å². The van der Waals surface area contributed by atoms with Crippen molar-refractivity contribution in [2.24, 2.45) is 0 Å². The standard InChI is InChI=1S/C22H31N3O3S.C2H2O4/c1-2-25(21-11-7-4-8-12-21)22(26)19-23-14-16-24(17-15-23)29(27,28)18-13-20-9-5-3-6-10-20;3-1(4)2(5)6/h3,5-6,9-11,13,18H,2,4,7-8,12,14-17,19H2,1H3;(H,3,4)(H,5,6)/b18-13+;. The first-order valence-electron chi connectivity index (χ1n) is 11.5. The van der Waals surface area contributed by atoms with Crippen LogP contribution in [0.3, 0.4) is 0 Å². The lowest BCUT2D eigenvalue weighted by atomic mass is 10.0. The lowest BCUT2D eigenvalue weighted by Gasteiger charge is -2.34. The fourth-order valence-electron chi connectivity index (χ4n) is 3.84. The number of likely N-dealkylation sites (N-methyl/N-ethyl adjacent to an activating group) is 1. The molecule has 10 nitrogen and oxygen atoms in total. The van der Waals surface area contributed by atoms with Crippen molar-refractivity contribution in [3.05, 3.63) is 53.1 Å². The Morgan fingerprint density at radius 3 is 2.14 bits per heavy atom. The topological polar surface area (TPSA) is 136 Å². The lowest BCUT2D eigenvalue weighted by molar-refractivity contribution is -0.159. The fraction of sp³-hybridized carbons (Fsp3) is 0.458. The fourth-order valence-corrected chi connectivity index (χ4v) is 5.01. The third-order valence-corrected chi connectivity index (χ3v) is 7.26. The number of amides is 1. The number of carbonyl (C=O) groups excluding carboxylic acids is 1. The smallest absolute Gasteiger partial charge is 0.414 e. The number of piperazine rings is 1. The van der Waals surface area contributed by atoms with Gasteiger partial charge in [0.1, 0.15) is 0 Å². The van der Waals surface area contributed by atoms with E-state index in [2.05, 4.69) is 11.0 Å². The number of nitrogens with zero attached hydrogens (tertiary/aromatic N) is 3. The molecule has 0 aromatic heterocycles. The molecule has 1 heterocycles. The van der Waals surface area contributed by atoms with Gasteiger partial charge in [-0.3, -0.25) is 9.69 Å². The zero-order valence-electron chi connectivity index (χ0n) is 19.9. The number of sulfonamides is 1. The molecule has 3 rings (SSSR count). The van der Waals surface area contributed by atoms with Gasteiger partial charge in [0.2, 0.25) is 15.9 Å². The summed E-state index contributed by atoms with van der Waals surface area (Å²) >= 11 is 0. The van der Waals surface area contributed by atoms with E-state index in [1.165, 1.54) is 16.1 Å². The van der Waals surface area contributed by atoms with Crippen LogP contribution in [-0.4, -0.2) is 89.9 Å². The minimum Gasteiger partial charge on any atom is -0.473 e. The van der Waals surface area contributed by atoms with Gasteiger partial charge in [-0.2, -0.15) is 4.31 Å². The summed E-state index contributed by atoms with van der Waals surface area (Å²) in [6.07, 6.45) is 8.18. The van der Waals surface area contributed by atoms with Gasteiger partial charge in [-0.25, -0.2) is 18.0 Å². The van der Waals surface area contributed by atoms with Crippen molar-refractivity contribution < 1.29 is 33.0 Å². The highest BCUT2D eigenvalue weighted by atomic mass is 32.2. The van der Waals surface area contributed by atoms with Gasteiger partial charge >= 0.3 is 11.9 Å². The average molecular weight is 508 g/mol. The molecule has 1 amide bonds. The number of allylic oxidation sites excluding steroid dienone is 2. The maximum Gasteiger partial charge on any atom is 0.414 e. The number of carbonyl (C=O) groups is 3. The van der Waals surface area contributed by atoms with Gasteiger partial charge in [0.15, 0.2) is 0 Å². The maximum absolute atomic E-state index is 12.8. The summed E-state index contributed by atoms with van der Waals surface area (Å²) in [5.74, 6) is -3.54. The summed E-state index contributed by atoms with van der Waals surface area (Å²) in [7, 11) is -3.45. The molecule has 0 atom stereocenters. The molecule has 0 radical (unpaired) electrons. The summed E-state index contributed by atoms with van der Waals surface area (Å²) in [5.41, 5.74) is 2.01. The molecular weight excluding hydrogens is 474 g/mol. The second kappa shape index (κ2) is 13.8. The molecule has 11 heteroatoms. The van der Waals surface area contributed by atoms with E-state index >= 15 is 0 Å². The second-order valence-corrected chi connectivity index (χ2v) is 9.94. The van der Waals surface area contributed by atoms with Crippen LogP contribution in [0.1, 0.15) is 38.2 Å². The van der Waals surface area contributed by atoms with Gasteiger partial charge < -0.3 is 15.1 Å². The number of rotatable bonds is 7. The predicted octanol–water partition coefficient (Wildman–Crippen LogP) is 2.07. The quantitative estimate of drug-likeness (QED) is 0.536. The Morgan fingerprint density at radius 1 is 1.00 bits per heavy atom. The zero-order valence-corrected chi connectivity index (χ0v) is 20.7. The average Bonchev–Trinajstić information content (AvgIpc) is 2.85. The molecule has 0 spiro atoms. The van der Waals surface area contributed by atoms with Crippen LogP contribution in [0.4, 0.5) is 0 Å². The molecule has 35 heavy (non-hydrogen) atoms. The number of aliphatic carboxylic acids is 2. The second-order valence-electron chi connectivity index (χ2n) is 8.12. The largest absolute Gasteiger partial charge is 0.473 e. The van der Waals surface area contributed by atoms with E-state index in [1.54, 1.807) is 6.08 Å². The van der Waals surface area contributed by atoms with Crippen LogP contribution < -0.4 is 0 Å². The van der Waals surface area contributed by atoms with Crippen molar-refractivity contribution in [3.63, 3.8) is 0 Å². The van der Waals surface area contributed by atoms with Gasteiger partial charge in [0.25, 0.3) is 0 Å². The van der Waals surface area contributed by atoms with Gasteiger partial charge in [-0.15, -0.1) is 0 Å². The summed E-state index contributed by atoms with van der Waals surface area (Å²) in [5, 5.41) is 16.1. The first-order valence-corrected chi connectivity index (χ1v) is 13.1. The van der Waals surface area contributed by atoms with Crippen LogP contribution >= 0.6 is 0 Å². The molecule has 2 aliphatic rings. The van der Waals surface area contributed by atoms with Gasteiger partial charge in [-0.1, -0.05) is 36.4 Å². The number of hydrogen-bond donors (Lipinski definition) is 2. The summed E-state index contributed by atoms with van der Waals surface area (Å²) in [4.78, 5) is 34.9. The summed E-state index contributed by atoms with van der Waals surface area (Å²) < 4.78 is 26.7. The zero-order chi connectivity index (χ0) is 25.8. The van der Waals surface area contributed by atoms with Gasteiger partial charge in [0.05, 0.1) is 6.54 Å². The molecule has 1 aromatic rings. The monoisotopic (exact) mass is 507 g/mol. The summed E-state index contributed by atoms with van der Waals surface area (Å²) in [6.45, 7) is 4.99. The third kappa shape index (κ3) is 9.27. The van der Waals surface area contributed by atoms with E-state index in [0.717, 1.165) is 30.5 Å². The molecule has 1 fully saturated rings. The highest BCUT2D eigenvalue weighted by Crippen LogP contribution is 2.21. The highest BCUT2D eigenvalue weighted by Gasteiger charge is 2.27. The first kappa shape index (κ1) is 28.2. The molecule has 1 saturated heterocycles. The van der Waals surface area contributed by atoms with Crippen LogP contribution in [0.25, 0.3) is 6.08 Å². The molecule has 0 unspecified atom stereocenters. The molecule has 2 N–H and O–H groups in total. The van der Waals surface area contributed by atoms with E-state index in [4.69, 9.17) is 19.8 Å². The third-order valence-electron chi connectivity index (χ3n) is 5.70. The van der Waals surface area contributed by atoms with E-state index in [-0.39, 0.29) is 5.91 Å². The number of benzene rings is 1. The van der Waals surface area contributed by atoms with E-state index in [1.807, 2.05) is 42.2 Å². The van der Waals surface area contributed by atoms with Crippen LogP contribution in [-0.2, 0) is 24.4 Å². The maximum atomic E-state index is 12.8. The van der Waals surface area contributed by atoms with Crippen molar-refractivity contribution in [1.29, 1.82) is 0 Å². The molecule has 0 saturated carbocycles. The van der Waals surface area contributed by atoms with Crippen molar-refractivity contribution in [1.82, 2.24) is 14.1 Å². The number of hydrogen-bond acceptors (Lipinski definition) is 6. The Balaban J connectivity index is 0.000000641.